The zero-order chi connectivity index (χ0) is 3.58. The van der Waals surface area contributed by atoms with E-state index in [0.29, 0.717) is 0 Å². The first-order valence-electron chi connectivity index (χ1n) is 0.730. The molecule has 0 saturated heterocycles. The Bertz CT molecular complexity index is 16.8. The van der Waals surface area contributed by atoms with E-state index >= 15 is 0 Å². The molecule has 0 unspecified atom stereocenters. The molecule has 0 aromatic carbocycles. The van der Waals surface area contributed by atoms with Gasteiger partial charge in [0, 0.05) is 0 Å². The van der Waals surface area contributed by atoms with Gasteiger partial charge in [-0.05, 0) is 0 Å². The van der Waals surface area contributed by atoms with Gasteiger partial charge >= 0.3 is 59.1 Å². The van der Waals surface area contributed by atoms with Crippen molar-refractivity contribution < 1.29 is 102 Å². The van der Waals surface area contributed by atoms with E-state index in [0.717, 1.165) is 0 Å². The van der Waals surface area contributed by atoms with Gasteiger partial charge in [-0.3, -0.25) is 0 Å². The fraction of sp³-hybridized carbons (Fsp3) is 0. The second-order valence-electron chi connectivity index (χ2n) is 0.307. The van der Waals surface area contributed by atoms with E-state index in [1.165, 1.54) is 0 Å². The Morgan fingerprint density at radius 3 is 0.727 bits per heavy atom. The van der Waals surface area contributed by atoms with Crippen LogP contribution in [0.15, 0.2) is 0 Å². The van der Waals surface area contributed by atoms with E-state index in [9.17, 15) is 0 Å². The van der Waals surface area contributed by atoms with Gasteiger partial charge in [-0.15, -0.1) is 0 Å². The predicted octanol–water partition coefficient (Wildman–Crippen LogP) is -13.4. The fourth-order valence-electron chi connectivity index (χ4n) is 0. The third-order valence-electron chi connectivity index (χ3n) is 0. The van der Waals surface area contributed by atoms with Gasteiger partial charge < -0.3 is 42.5 Å². The molecule has 0 atom stereocenters. The molecule has 0 spiro atoms. The molecule has 0 fully saturated rings. The van der Waals surface area contributed by atoms with Gasteiger partial charge in [0.15, 0.2) is 0 Å². The molecule has 11 N–H and O–H groups in total. The molecule has 0 radical (unpaired) electrons. The van der Waals surface area contributed by atoms with Crippen LogP contribution < -0.4 is 69.2 Å². The molecule has 0 heterocycles. The minimum Gasteiger partial charge on any atom is -0.871 e. The maximum atomic E-state index is 8.53. The smallest absolute Gasteiger partial charge is 0.871 e. The molecule has 0 aliphatic rings. The third-order valence-corrected chi connectivity index (χ3v) is 0. The molecule has 64 valence electrons. The quantitative estimate of drug-likeness (QED) is 0.372. The van der Waals surface area contributed by atoms with Crippen molar-refractivity contribution in [1.82, 2.24) is 0 Å². The molecule has 0 aromatic heterocycles. The zero-order valence-corrected chi connectivity index (χ0v) is 10.3. The van der Waals surface area contributed by atoms with Gasteiger partial charge in [0.2, 0.25) is 0 Å². The Balaban J connectivity index is -0.00000000214. The average molecular weight is 196 g/mol. The molecule has 0 aliphatic carbocycles. The molecule has 11 heavy (non-hydrogen) atoms. The van der Waals surface area contributed by atoms with Crippen molar-refractivity contribution in [3.63, 3.8) is 0 Å². The molecular weight excluding hydrogens is 185 g/mol. The fourth-order valence-corrected chi connectivity index (χ4v) is 0. The van der Waals surface area contributed by atoms with E-state index in [4.69, 9.17) is 15.1 Å². The monoisotopic (exact) mass is 196 g/mol. The summed E-state index contributed by atoms with van der Waals surface area (Å²) >= 11 is 0. The van der Waals surface area contributed by atoms with Crippen molar-refractivity contribution >= 4 is 7.32 Å². The summed E-state index contributed by atoms with van der Waals surface area (Å²) in [4.78, 5) is 0. The Labute approximate surface area is 108 Å². The second-order valence-corrected chi connectivity index (χ2v) is 0.307. The van der Waals surface area contributed by atoms with Crippen LogP contribution in [0.4, 0.5) is 0 Å². The molecule has 8 nitrogen and oxygen atoms in total. The summed E-state index contributed by atoms with van der Waals surface area (Å²) in [5, 5.41) is 24.0. The van der Waals surface area contributed by atoms with Gasteiger partial charge in [-0.2, -0.15) is 0 Å². The molecule has 0 bridgehead atoms. The van der Waals surface area contributed by atoms with E-state index in [1.54, 1.807) is 0 Å². The third kappa shape index (κ3) is 366. The molecular formula is H11BNa2O8. The number of hydrogen-bond acceptors (Lipinski definition) is 3. The molecule has 0 amide bonds. The normalized spacial score (nSPS) is 2.45. The first-order valence-corrected chi connectivity index (χ1v) is 0.730. The topological polar surface area (TPSA) is 224 Å². The maximum absolute atomic E-state index is 8.53. The predicted molar refractivity (Wildman–Crippen MR) is 26.0 cm³/mol. The summed E-state index contributed by atoms with van der Waals surface area (Å²) in [5.41, 5.74) is 0. The van der Waals surface area contributed by atoms with E-state index in [-0.39, 0.29) is 86.5 Å². The summed E-state index contributed by atoms with van der Waals surface area (Å²) in [5.74, 6) is 0. The minimum atomic E-state index is -2.67. The Kier molecular flexibility index (Phi) is 428. The summed E-state index contributed by atoms with van der Waals surface area (Å²) in [6.45, 7) is 0. The Hall–Kier alpha value is 1.74. The SMILES string of the molecule is O.O.O.O.O.[Na+].[Na+].[O-]B([O-])O. The second kappa shape index (κ2) is 60.2. The van der Waals surface area contributed by atoms with Crippen molar-refractivity contribution in [2.24, 2.45) is 0 Å². The van der Waals surface area contributed by atoms with Crippen LogP contribution in [0.25, 0.3) is 0 Å². The summed E-state index contributed by atoms with van der Waals surface area (Å²) in [7, 11) is -2.67. The number of rotatable bonds is 0. The van der Waals surface area contributed by atoms with Crippen LogP contribution in [0.5, 0.6) is 0 Å². The van der Waals surface area contributed by atoms with Crippen LogP contribution in [0.2, 0.25) is 0 Å². The van der Waals surface area contributed by atoms with Crippen molar-refractivity contribution in [2.45, 2.75) is 0 Å². The van der Waals surface area contributed by atoms with Crippen LogP contribution in [0, 0.1) is 0 Å². The van der Waals surface area contributed by atoms with Crippen molar-refractivity contribution in [3.8, 4) is 0 Å². The van der Waals surface area contributed by atoms with Crippen LogP contribution >= 0.6 is 0 Å². The summed E-state index contributed by atoms with van der Waals surface area (Å²) in [6.07, 6.45) is 0. The zero-order valence-electron chi connectivity index (χ0n) is 6.34. The van der Waals surface area contributed by atoms with Crippen LogP contribution in [0.1, 0.15) is 0 Å². The van der Waals surface area contributed by atoms with E-state index < -0.39 is 7.32 Å². The maximum Gasteiger partial charge on any atom is 1.00 e. The van der Waals surface area contributed by atoms with Crippen LogP contribution in [0.3, 0.4) is 0 Å². The molecule has 0 aliphatic heterocycles. The summed E-state index contributed by atoms with van der Waals surface area (Å²) < 4.78 is 0. The first kappa shape index (κ1) is 78.1. The largest absolute Gasteiger partial charge is 1.00 e. The molecule has 0 aromatic rings. The van der Waals surface area contributed by atoms with Gasteiger partial charge in [-0.1, -0.05) is 0 Å². The molecule has 11 heteroatoms. The Morgan fingerprint density at radius 1 is 0.727 bits per heavy atom. The Morgan fingerprint density at radius 2 is 0.727 bits per heavy atom. The summed E-state index contributed by atoms with van der Waals surface area (Å²) in [6, 6.07) is 0. The van der Waals surface area contributed by atoms with Gasteiger partial charge in [0.05, 0.1) is 7.32 Å². The van der Waals surface area contributed by atoms with Crippen molar-refractivity contribution in [1.29, 1.82) is 0 Å². The standard InChI is InChI=1S/BHO3.2Na.5H2O/c2-1(3)4;;;;;;;/h2H;;;5*1H2/q-2;2*+1;;;;;. The van der Waals surface area contributed by atoms with E-state index in [1.807, 2.05) is 0 Å². The van der Waals surface area contributed by atoms with Crippen molar-refractivity contribution in [3.05, 3.63) is 0 Å². The molecule has 0 rings (SSSR count). The minimum absolute atomic E-state index is 0. The average Bonchev–Trinajstić information content (AvgIpc) is 0.811. The molecule has 0 saturated carbocycles. The van der Waals surface area contributed by atoms with Gasteiger partial charge in [-0.25, -0.2) is 0 Å². The van der Waals surface area contributed by atoms with Gasteiger partial charge in [0.25, 0.3) is 0 Å². The van der Waals surface area contributed by atoms with Gasteiger partial charge in [0.1, 0.15) is 0 Å². The first-order chi connectivity index (χ1) is 1.73. The van der Waals surface area contributed by atoms with Crippen LogP contribution in [-0.4, -0.2) is 39.7 Å². The van der Waals surface area contributed by atoms with Crippen molar-refractivity contribution in [2.75, 3.05) is 0 Å². The van der Waals surface area contributed by atoms with E-state index in [2.05, 4.69) is 0 Å². The number of hydrogen-bond donors (Lipinski definition) is 1. The van der Waals surface area contributed by atoms with Crippen LogP contribution in [-0.2, 0) is 0 Å².